The second-order valence-corrected chi connectivity index (χ2v) is 6.16. The molecule has 0 atom stereocenters. The van der Waals surface area contributed by atoms with Gasteiger partial charge in [-0.2, -0.15) is 0 Å². The maximum absolute atomic E-state index is 12.3. The van der Waals surface area contributed by atoms with Crippen molar-refractivity contribution in [3.63, 3.8) is 0 Å². The first kappa shape index (κ1) is 14.3. The van der Waals surface area contributed by atoms with Crippen LogP contribution in [0.5, 0.6) is 0 Å². The summed E-state index contributed by atoms with van der Waals surface area (Å²) in [4.78, 5) is 14.1. The lowest BCUT2D eigenvalue weighted by Crippen LogP contribution is -2.36. The number of nitrogens with zero attached hydrogens (tertiary/aromatic N) is 1. The molecule has 0 aromatic heterocycles. The summed E-state index contributed by atoms with van der Waals surface area (Å²) in [7, 11) is 0. The number of likely N-dealkylation sites (tertiary alicyclic amines) is 1. The van der Waals surface area contributed by atoms with Gasteiger partial charge >= 0.3 is 6.09 Å². The maximum atomic E-state index is 12.3. The summed E-state index contributed by atoms with van der Waals surface area (Å²) >= 11 is 0. The summed E-state index contributed by atoms with van der Waals surface area (Å²) in [5, 5.41) is 0. The number of benzene rings is 2. The van der Waals surface area contributed by atoms with Gasteiger partial charge in [-0.1, -0.05) is 48.5 Å². The zero-order chi connectivity index (χ0) is 15.6. The molecule has 1 radical (unpaired) electrons. The van der Waals surface area contributed by atoms with Crippen molar-refractivity contribution in [2.24, 2.45) is 0 Å². The molecule has 23 heavy (non-hydrogen) atoms. The van der Waals surface area contributed by atoms with Crippen molar-refractivity contribution in [2.75, 3.05) is 19.7 Å². The van der Waals surface area contributed by atoms with Gasteiger partial charge in [-0.15, -0.1) is 0 Å². The highest BCUT2D eigenvalue weighted by atomic mass is 16.6. The van der Waals surface area contributed by atoms with Crippen LogP contribution in [-0.4, -0.2) is 30.7 Å². The summed E-state index contributed by atoms with van der Waals surface area (Å²) in [5.41, 5.74) is 5.04. The van der Waals surface area contributed by atoms with Gasteiger partial charge in [0.1, 0.15) is 6.61 Å². The Bertz CT molecular complexity index is 674. The fourth-order valence-corrected chi connectivity index (χ4v) is 3.62. The van der Waals surface area contributed by atoms with E-state index in [9.17, 15) is 4.79 Å². The number of piperidine rings is 1. The molecular formula is C20H20NO2. The smallest absolute Gasteiger partial charge is 0.409 e. The van der Waals surface area contributed by atoms with E-state index in [0.29, 0.717) is 6.61 Å². The van der Waals surface area contributed by atoms with Crippen LogP contribution in [0, 0.1) is 6.42 Å². The Hall–Kier alpha value is -2.29. The number of rotatable bonds is 2. The normalized spacial score (nSPS) is 16.8. The number of hydrogen-bond donors (Lipinski definition) is 0. The lowest BCUT2D eigenvalue weighted by Gasteiger charge is -2.26. The number of carbonyl (C=O) groups excluding carboxylic acids is 1. The molecule has 0 bridgehead atoms. The first-order chi connectivity index (χ1) is 11.3. The predicted octanol–water partition coefficient (Wildman–Crippen LogP) is 4.24. The van der Waals surface area contributed by atoms with E-state index < -0.39 is 0 Å². The van der Waals surface area contributed by atoms with Crippen LogP contribution < -0.4 is 0 Å². The summed E-state index contributed by atoms with van der Waals surface area (Å²) < 4.78 is 5.65. The van der Waals surface area contributed by atoms with E-state index in [-0.39, 0.29) is 12.0 Å². The van der Waals surface area contributed by atoms with Crippen LogP contribution in [0.2, 0.25) is 0 Å². The Morgan fingerprint density at radius 3 is 2.13 bits per heavy atom. The van der Waals surface area contributed by atoms with Crippen molar-refractivity contribution in [2.45, 2.75) is 18.8 Å². The molecule has 2 aliphatic rings. The van der Waals surface area contributed by atoms with E-state index in [2.05, 4.69) is 55.0 Å². The van der Waals surface area contributed by atoms with Crippen molar-refractivity contribution in [1.82, 2.24) is 4.90 Å². The van der Waals surface area contributed by atoms with Crippen molar-refractivity contribution >= 4 is 6.09 Å². The molecule has 3 nitrogen and oxygen atoms in total. The molecule has 1 fully saturated rings. The molecule has 4 rings (SSSR count). The second kappa shape index (κ2) is 6.07. The van der Waals surface area contributed by atoms with Crippen LogP contribution in [0.15, 0.2) is 48.5 Å². The number of amides is 1. The Morgan fingerprint density at radius 2 is 1.52 bits per heavy atom. The van der Waals surface area contributed by atoms with Crippen LogP contribution in [0.3, 0.4) is 0 Å². The van der Waals surface area contributed by atoms with Gasteiger partial charge in [0, 0.05) is 19.0 Å². The van der Waals surface area contributed by atoms with E-state index in [0.717, 1.165) is 25.9 Å². The van der Waals surface area contributed by atoms with E-state index >= 15 is 0 Å². The summed E-state index contributed by atoms with van der Waals surface area (Å²) in [6.45, 7) is 1.96. The van der Waals surface area contributed by atoms with E-state index in [1.54, 1.807) is 0 Å². The highest BCUT2D eigenvalue weighted by molar-refractivity contribution is 5.79. The molecule has 1 saturated heterocycles. The fraction of sp³-hybridized carbons (Fsp3) is 0.300. The maximum Gasteiger partial charge on any atom is 0.409 e. The molecule has 117 valence electrons. The van der Waals surface area contributed by atoms with Gasteiger partial charge in [0.05, 0.1) is 0 Å². The van der Waals surface area contributed by atoms with Gasteiger partial charge in [-0.3, -0.25) is 0 Å². The van der Waals surface area contributed by atoms with Crippen molar-refractivity contribution in [3.8, 4) is 11.1 Å². The van der Waals surface area contributed by atoms with Gasteiger partial charge in [-0.05, 0) is 41.5 Å². The van der Waals surface area contributed by atoms with E-state index in [1.165, 1.54) is 22.3 Å². The molecule has 0 saturated carbocycles. The van der Waals surface area contributed by atoms with Gasteiger partial charge in [0.25, 0.3) is 0 Å². The third-order valence-corrected chi connectivity index (χ3v) is 4.80. The largest absolute Gasteiger partial charge is 0.448 e. The predicted molar refractivity (Wildman–Crippen MR) is 90.2 cm³/mol. The summed E-state index contributed by atoms with van der Waals surface area (Å²) in [6.07, 6.45) is 3.97. The number of fused-ring (bicyclic) bond motifs is 3. The van der Waals surface area contributed by atoms with Crippen molar-refractivity contribution in [1.29, 1.82) is 0 Å². The van der Waals surface area contributed by atoms with Crippen molar-refractivity contribution < 1.29 is 9.53 Å². The van der Waals surface area contributed by atoms with Crippen molar-refractivity contribution in [3.05, 3.63) is 66.1 Å². The lowest BCUT2D eigenvalue weighted by atomic mass is 9.98. The quantitative estimate of drug-likeness (QED) is 0.830. The SMILES string of the molecule is O=C(OCC1c2ccccc2-c2ccccc21)N1CC[CH]CC1. The zero-order valence-corrected chi connectivity index (χ0v) is 13.1. The highest BCUT2D eigenvalue weighted by Crippen LogP contribution is 2.44. The molecule has 2 aromatic rings. The Kier molecular flexibility index (Phi) is 3.78. The van der Waals surface area contributed by atoms with E-state index in [1.807, 2.05) is 4.90 Å². The molecule has 1 heterocycles. The zero-order valence-electron chi connectivity index (χ0n) is 13.1. The molecule has 0 spiro atoms. The van der Waals surface area contributed by atoms with Gasteiger partial charge in [-0.25, -0.2) is 4.79 Å². The third kappa shape index (κ3) is 2.61. The van der Waals surface area contributed by atoms with Crippen LogP contribution in [-0.2, 0) is 4.74 Å². The number of hydrogen-bond acceptors (Lipinski definition) is 2. The fourth-order valence-electron chi connectivity index (χ4n) is 3.62. The molecular weight excluding hydrogens is 286 g/mol. The Morgan fingerprint density at radius 1 is 0.957 bits per heavy atom. The van der Waals surface area contributed by atoms with Crippen LogP contribution in [0.4, 0.5) is 4.79 Å². The topological polar surface area (TPSA) is 29.5 Å². The van der Waals surface area contributed by atoms with E-state index in [4.69, 9.17) is 4.74 Å². The Labute approximate surface area is 136 Å². The van der Waals surface area contributed by atoms with Crippen LogP contribution in [0.25, 0.3) is 11.1 Å². The van der Waals surface area contributed by atoms with Gasteiger partial charge < -0.3 is 9.64 Å². The molecule has 1 amide bonds. The molecule has 1 aliphatic carbocycles. The van der Waals surface area contributed by atoms with Gasteiger partial charge in [0.2, 0.25) is 0 Å². The first-order valence-electron chi connectivity index (χ1n) is 8.26. The lowest BCUT2D eigenvalue weighted by molar-refractivity contribution is 0.0967. The number of carbonyl (C=O) groups is 1. The highest BCUT2D eigenvalue weighted by Gasteiger charge is 2.29. The summed E-state index contributed by atoms with van der Waals surface area (Å²) in [6, 6.07) is 16.8. The molecule has 0 N–H and O–H groups in total. The first-order valence-corrected chi connectivity index (χ1v) is 8.26. The minimum atomic E-state index is -0.181. The average Bonchev–Trinajstić information content (AvgIpc) is 2.94. The minimum absolute atomic E-state index is 0.141. The third-order valence-electron chi connectivity index (χ3n) is 4.80. The number of ether oxygens (including phenoxy) is 1. The molecule has 2 aromatic carbocycles. The van der Waals surface area contributed by atoms with Crippen LogP contribution >= 0.6 is 0 Å². The summed E-state index contributed by atoms with van der Waals surface area (Å²) in [5.74, 6) is 0.141. The standard InChI is InChI=1S/C20H20NO2/c22-20(21-12-6-1-7-13-21)23-14-19-17-10-4-2-8-15(17)16-9-3-5-11-18(16)19/h1-5,8-11,19H,6-7,12-14H2. The average molecular weight is 306 g/mol. The van der Waals surface area contributed by atoms with Gasteiger partial charge in [0.15, 0.2) is 0 Å². The second-order valence-electron chi connectivity index (χ2n) is 6.16. The molecule has 0 unspecified atom stereocenters. The molecule has 3 heteroatoms. The van der Waals surface area contributed by atoms with Crippen LogP contribution in [0.1, 0.15) is 29.9 Å². The Balaban J connectivity index is 1.53. The molecule has 1 aliphatic heterocycles. The minimum Gasteiger partial charge on any atom is -0.448 e. The monoisotopic (exact) mass is 306 g/mol.